The van der Waals surface area contributed by atoms with Crippen molar-refractivity contribution in [2.24, 2.45) is 24.1 Å². The predicted octanol–water partition coefficient (Wildman–Crippen LogP) is 8.40. The average Bonchev–Trinajstić information content (AvgIpc) is 2.93. The van der Waals surface area contributed by atoms with Gasteiger partial charge in [0, 0.05) is 0 Å². The van der Waals surface area contributed by atoms with Gasteiger partial charge in [0.15, 0.2) is 0 Å². The van der Waals surface area contributed by atoms with Crippen molar-refractivity contribution >= 4 is 41.4 Å². The summed E-state index contributed by atoms with van der Waals surface area (Å²) in [7, 11) is 0. The van der Waals surface area contributed by atoms with Crippen LogP contribution >= 0.6 is 0 Å². The van der Waals surface area contributed by atoms with Gasteiger partial charge in [0.05, 0.1) is 0 Å². The van der Waals surface area contributed by atoms with Gasteiger partial charge < -0.3 is 5.73 Å². The number of benzene rings is 2. The molecule has 0 saturated heterocycles. The standard InChI is InChI=1S/C24H29.C7H15N.N3.Sr/c1-19-16-22-18-24(17-19,23-10-6-3-7-11-23)15-14-21(22)13-12-20-8-4-2-5-9-20;8-6-7-4-2-1-3-5-7;1-3-2;/h2-11,21-22H,12-18H2,1H3;7H,1-6,8H2;;/q;;-1;+1. The van der Waals surface area contributed by atoms with E-state index in [1.54, 1.807) is 0 Å². The summed E-state index contributed by atoms with van der Waals surface area (Å²) in [4.78, 5) is 3.18. The minimum absolute atomic E-state index is 0.310. The Kier molecular flexibility index (Phi) is 10.8. The third kappa shape index (κ3) is 7.62. The summed E-state index contributed by atoms with van der Waals surface area (Å²) in [5.74, 6) is 2.46. The number of aryl methyl sites for hydroxylation is 1. The number of rotatable bonds is 7. The van der Waals surface area contributed by atoms with Crippen molar-refractivity contribution in [1.29, 1.82) is 0 Å². The molecule has 190 valence electrons. The van der Waals surface area contributed by atoms with E-state index in [0.29, 0.717) is 5.80 Å². The normalized spacial score (nSPS) is 29.7. The zero-order chi connectivity index (χ0) is 25.3. The van der Waals surface area contributed by atoms with Crippen molar-refractivity contribution in [3.05, 3.63) is 82.2 Å². The molecule has 4 unspecified atom stereocenters. The van der Waals surface area contributed by atoms with Crippen LogP contribution < -0.4 is 5.73 Å². The first-order valence-electron chi connectivity index (χ1n) is 14.4. The number of nitrogens with two attached hydrogens (primary N) is 1. The second-order valence-electron chi connectivity index (χ2n) is 12.3. The first-order valence-corrected chi connectivity index (χ1v) is 17.7. The van der Waals surface area contributed by atoms with Crippen LogP contribution in [0.4, 0.5) is 0 Å². The van der Waals surface area contributed by atoms with E-state index in [0.717, 1.165) is 24.3 Å². The zero-order valence-corrected chi connectivity index (χ0v) is 25.8. The maximum atomic E-state index is 8.97. The third-order valence-electron chi connectivity index (χ3n) is 9.44. The summed E-state index contributed by atoms with van der Waals surface area (Å²) in [5.41, 5.74) is 17.8. The molecule has 0 aromatic heterocycles. The Hall–Kier alpha value is -0.809. The molecule has 2 aromatic carbocycles. The van der Waals surface area contributed by atoms with Gasteiger partial charge in [0.2, 0.25) is 0 Å². The Morgan fingerprint density at radius 1 is 0.972 bits per heavy atom. The minimum atomic E-state index is -1.52. The Labute approximate surface area is 242 Å². The molecule has 0 heterocycles. The fraction of sp³-hybridized carbons (Fsp3) is 0.613. The van der Waals surface area contributed by atoms with Crippen LogP contribution in [0.25, 0.3) is 10.4 Å². The van der Waals surface area contributed by atoms with Gasteiger partial charge in [0.1, 0.15) is 0 Å². The van der Waals surface area contributed by atoms with Crippen molar-refractivity contribution in [1.82, 2.24) is 0 Å². The molecule has 2 N–H and O–H groups in total. The molecule has 5 rings (SSSR count). The summed E-state index contributed by atoms with van der Waals surface area (Å²) in [6.45, 7) is 3.36. The quantitative estimate of drug-likeness (QED) is 0.157. The van der Waals surface area contributed by atoms with Crippen molar-refractivity contribution in [2.75, 3.05) is 6.54 Å². The van der Waals surface area contributed by atoms with Gasteiger partial charge in [-0.3, -0.25) is 0 Å². The number of nitrogens with zero attached hydrogens (tertiary/aromatic N) is 3. The van der Waals surface area contributed by atoms with E-state index in [1.165, 1.54) is 88.2 Å². The van der Waals surface area contributed by atoms with E-state index < -0.39 is 41.4 Å². The molecule has 3 saturated carbocycles. The van der Waals surface area contributed by atoms with Crippen LogP contribution in [0.2, 0.25) is 0.386 Å². The van der Waals surface area contributed by atoms with E-state index in [4.69, 9.17) is 11.3 Å². The van der Waals surface area contributed by atoms with Gasteiger partial charge in [-0.25, -0.2) is 0 Å². The largest absolute Gasteiger partial charge is 0.330 e. The van der Waals surface area contributed by atoms with Crippen molar-refractivity contribution in [2.45, 2.75) is 89.8 Å². The molecule has 2 aromatic rings. The van der Waals surface area contributed by atoms with E-state index in [9.17, 15) is 0 Å². The number of fused-ring (bicyclic) bond motifs is 2. The van der Waals surface area contributed by atoms with Crippen LogP contribution in [0.1, 0.15) is 88.7 Å². The molecular weight excluding hydrogens is 516 g/mol. The molecular formula is C31H44N4Sr. The average molecular weight is 560 g/mol. The molecule has 3 fully saturated rings. The molecule has 4 nitrogen and oxygen atoms in total. The van der Waals surface area contributed by atoms with Crippen LogP contribution in [0, 0.1) is 17.8 Å². The molecule has 3 aliphatic rings. The Bertz CT molecular complexity index is 971. The smallest absolute Gasteiger partial charge is 0.00489 e. The Morgan fingerprint density at radius 2 is 1.67 bits per heavy atom. The first kappa shape index (κ1) is 28.2. The summed E-state index contributed by atoms with van der Waals surface area (Å²) >= 11 is -1.52. The monoisotopic (exact) mass is 560 g/mol. The van der Waals surface area contributed by atoms with E-state index in [1.807, 2.05) is 0 Å². The number of azide groups is 1. The van der Waals surface area contributed by atoms with Gasteiger partial charge in [0.25, 0.3) is 0 Å². The van der Waals surface area contributed by atoms with Crippen molar-refractivity contribution < 1.29 is 0 Å². The summed E-state index contributed by atoms with van der Waals surface area (Å²) < 4.78 is 4.55. The Balaban J connectivity index is 0.000000325. The topological polar surface area (TPSA) is 74.8 Å². The molecule has 2 bridgehead atoms. The first-order chi connectivity index (χ1) is 17.6. The maximum Gasteiger partial charge on any atom is -0.00489 e. The third-order valence-corrected chi connectivity index (χ3v) is 13.3. The van der Waals surface area contributed by atoms with Gasteiger partial charge in [-0.2, -0.15) is 0 Å². The van der Waals surface area contributed by atoms with Crippen LogP contribution in [-0.2, 0) is 11.8 Å². The molecule has 4 atom stereocenters. The molecule has 0 spiro atoms. The molecule has 5 heteroatoms. The van der Waals surface area contributed by atoms with Gasteiger partial charge >= 0.3 is 194 Å². The SMILES string of the molecule is C[C]1([Sr][N]=[N+]=[N-])CC2CC(c3ccccc3)(CCC2CCc2ccccc2)C1.NCC1CCCCC1. The van der Waals surface area contributed by atoms with Crippen molar-refractivity contribution in [3.8, 4) is 0 Å². The molecule has 0 radical (unpaired) electrons. The summed E-state index contributed by atoms with van der Waals surface area (Å²) in [6.07, 6.45) is 16.0. The van der Waals surface area contributed by atoms with Crippen LogP contribution in [0.15, 0.2) is 61.2 Å². The van der Waals surface area contributed by atoms with Crippen LogP contribution in [0.3, 0.4) is 0 Å². The van der Waals surface area contributed by atoms with Crippen molar-refractivity contribution in [3.63, 3.8) is 0 Å². The van der Waals surface area contributed by atoms with Gasteiger partial charge in [-0.15, -0.1) is 0 Å². The van der Waals surface area contributed by atoms with Gasteiger partial charge in [-0.1, -0.05) is 19.3 Å². The van der Waals surface area contributed by atoms with Crippen LogP contribution in [0.5, 0.6) is 0 Å². The van der Waals surface area contributed by atoms with E-state index in [2.05, 4.69) is 73.1 Å². The molecule has 0 amide bonds. The fourth-order valence-electron chi connectivity index (χ4n) is 7.67. The fourth-order valence-corrected chi connectivity index (χ4v) is 11.3. The van der Waals surface area contributed by atoms with Crippen LogP contribution in [-0.4, -0.2) is 48.0 Å². The van der Waals surface area contributed by atoms with Gasteiger partial charge in [-0.05, 0) is 25.3 Å². The maximum absolute atomic E-state index is 8.97. The Morgan fingerprint density at radius 3 is 2.31 bits per heavy atom. The van der Waals surface area contributed by atoms with E-state index in [-0.39, 0.29) is 0 Å². The number of hydrogen-bond donors (Lipinski definition) is 1. The predicted molar refractivity (Wildman–Crippen MR) is 152 cm³/mol. The minimum Gasteiger partial charge on any atom is -0.330 e. The number of hydrogen-bond acceptors (Lipinski definition) is 2. The second-order valence-corrected chi connectivity index (χ2v) is 17.9. The second kappa shape index (κ2) is 13.8. The molecule has 0 aliphatic heterocycles. The molecule has 36 heavy (non-hydrogen) atoms. The zero-order valence-electron chi connectivity index (χ0n) is 22.3. The molecule has 3 aliphatic carbocycles. The summed E-state index contributed by atoms with van der Waals surface area (Å²) in [6, 6.07) is 22.2. The van der Waals surface area contributed by atoms with E-state index >= 15 is 0 Å². The summed E-state index contributed by atoms with van der Waals surface area (Å²) in [5, 5.41) is 0.